The number of rotatable bonds is 5. The van der Waals surface area contributed by atoms with E-state index in [9.17, 15) is 13.2 Å². The predicted molar refractivity (Wildman–Crippen MR) is 104 cm³/mol. The van der Waals surface area contributed by atoms with Gasteiger partial charge in [0.1, 0.15) is 0 Å². The van der Waals surface area contributed by atoms with Crippen molar-refractivity contribution in [2.45, 2.75) is 25.8 Å². The molecule has 1 fully saturated rings. The maximum Gasteiger partial charge on any atom is 0.235 e. The van der Waals surface area contributed by atoms with Crippen molar-refractivity contribution in [3.05, 3.63) is 59.7 Å². The fourth-order valence-electron chi connectivity index (χ4n) is 3.10. The molecule has 2 aromatic carbocycles. The predicted octanol–water partition coefficient (Wildman–Crippen LogP) is 2.56. The Morgan fingerprint density at radius 1 is 1.23 bits per heavy atom. The second-order valence-electron chi connectivity index (χ2n) is 6.51. The summed E-state index contributed by atoms with van der Waals surface area (Å²) in [7, 11) is -3.26. The molecule has 1 unspecified atom stereocenters. The van der Waals surface area contributed by atoms with Gasteiger partial charge in [0.15, 0.2) is 0 Å². The standard InChI is InChI=1S/C19H23N3O3S/c1-14-8-9-16(12-18(14)22-10-5-11-26(22,24)25)21-19(23)13-17(20)15-6-3-2-4-7-15/h2-4,6-9,12,17H,5,10-11,13,20H2,1H3,(H,21,23). The molecule has 0 spiro atoms. The zero-order valence-corrected chi connectivity index (χ0v) is 15.5. The van der Waals surface area contributed by atoms with Crippen molar-refractivity contribution < 1.29 is 13.2 Å². The van der Waals surface area contributed by atoms with Crippen LogP contribution in [0.4, 0.5) is 11.4 Å². The summed E-state index contributed by atoms with van der Waals surface area (Å²) in [5.74, 6) is -0.0463. The van der Waals surface area contributed by atoms with Crippen LogP contribution < -0.4 is 15.4 Å². The molecule has 0 bridgehead atoms. The molecule has 0 aromatic heterocycles. The Kier molecular flexibility index (Phi) is 5.29. The fraction of sp³-hybridized carbons (Fsp3) is 0.316. The Labute approximate surface area is 154 Å². The van der Waals surface area contributed by atoms with E-state index < -0.39 is 10.0 Å². The molecule has 3 N–H and O–H groups in total. The molecule has 1 aliphatic rings. The van der Waals surface area contributed by atoms with Crippen LogP contribution in [0.2, 0.25) is 0 Å². The summed E-state index contributed by atoms with van der Waals surface area (Å²) in [4.78, 5) is 12.3. The molecule has 6 nitrogen and oxygen atoms in total. The Morgan fingerprint density at radius 2 is 1.96 bits per heavy atom. The number of nitrogens with two attached hydrogens (primary N) is 1. The summed E-state index contributed by atoms with van der Waals surface area (Å²) < 4.78 is 25.8. The first-order valence-electron chi connectivity index (χ1n) is 8.58. The van der Waals surface area contributed by atoms with E-state index in [1.165, 1.54) is 4.31 Å². The average Bonchev–Trinajstić information content (AvgIpc) is 2.96. The van der Waals surface area contributed by atoms with E-state index in [0.29, 0.717) is 24.3 Å². The minimum absolute atomic E-state index is 0.148. The van der Waals surface area contributed by atoms with Gasteiger partial charge in [0.25, 0.3) is 0 Å². The van der Waals surface area contributed by atoms with Gasteiger partial charge in [0, 0.05) is 24.7 Å². The molecule has 3 rings (SSSR count). The zero-order chi connectivity index (χ0) is 18.7. The zero-order valence-electron chi connectivity index (χ0n) is 14.7. The molecule has 138 valence electrons. The molecule has 0 radical (unpaired) electrons. The lowest BCUT2D eigenvalue weighted by atomic mass is 10.0. The van der Waals surface area contributed by atoms with Crippen molar-refractivity contribution in [1.82, 2.24) is 0 Å². The van der Waals surface area contributed by atoms with E-state index in [1.54, 1.807) is 12.1 Å². The first-order chi connectivity index (χ1) is 12.4. The number of carbonyl (C=O) groups is 1. The maximum absolute atomic E-state index is 12.3. The minimum atomic E-state index is -3.26. The van der Waals surface area contributed by atoms with Crippen LogP contribution in [0.1, 0.15) is 30.0 Å². The molecule has 1 heterocycles. The third-order valence-electron chi connectivity index (χ3n) is 4.49. The van der Waals surface area contributed by atoms with E-state index in [-0.39, 0.29) is 24.1 Å². The van der Waals surface area contributed by atoms with Crippen molar-refractivity contribution in [2.24, 2.45) is 5.73 Å². The van der Waals surface area contributed by atoms with E-state index in [1.807, 2.05) is 43.3 Å². The van der Waals surface area contributed by atoms with Crippen LogP contribution in [-0.2, 0) is 14.8 Å². The van der Waals surface area contributed by atoms with Gasteiger partial charge in [0.05, 0.1) is 11.4 Å². The summed E-state index contributed by atoms with van der Waals surface area (Å²) >= 11 is 0. The second-order valence-corrected chi connectivity index (χ2v) is 8.53. The lowest BCUT2D eigenvalue weighted by molar-refractivity contribution is -0.116. The number of aryl methyl sites for hydroxylation is 1. The number of nitrogens with one attached hydrogen (secondary N) is 1. The summed E-state index contributed by atoms with van der Waals surface area (Å²) in [5, 5.41) is 2.82. The van der Waals surface area contributed by atoms with Gasteiger partial charge in [-0.3, -0.25) is 9.10 Å². The summed E-state index contributed by atoms with van der Waals surface area (Å²) in [6.45, 7) is 2.33. The van der Waals surface area contributed by atoms with Crippen molar-refractivity contribution >= 4 is 27.3 Å². The highest BCUT2D eigenvalue weighted by atomic mass is 32.2. The lowest BCUT2D eigenvalue weighted by Gasteiger charge is -2.20. The molecule has 0 aliphatic carbocycles. The summed E-state index contributed by atoms with van der Waals surface area (Å²) in [6.07, 6.45) is 0.763. The van der Waals surface area contributed by atoms with Crippen LogP contribution in [0.5, 0.6) is 0 Å². The van der Waals surface area contributed by atoms with Crippen LogP contribution in [0.3, 0.4) is 0 Å². The van der Waals surface area contributed by atoms with Crippen molar-refractivity contribution in [2.75, 3.05) is 21.9 Å². The molecule has 2 aromatic rings. The highest BCUT2D eigenvalue weighted by Gasteiger charge is 2.29. The number of anilines is 2. The van der Waals surface area contributed by atoms with E-state index in [0.717, 1.165) is 11.1 Å². The topological polar surface area (TPSA) is 92.5 Å². The first kappa shape index (κ1) is 18.4. The van der Waals surface area contributed by atoms with Crippen molar-refractivity contribution in [3.8, 4) is 0 Å². The quantitative estimate of drug-likeness (QED) is 0.842. The molecule has 1 amide bonds. The molecule has 1 saturated heterocycles. The van der Waals surface area contributed by atoms with Crippen molar-refractivity contribution in [1.29, 1.82) is 0 Å². The van der Waals surface area contributed by atoms with E-state index >= 15 is 0 Å². The maximum atomic E-state index is 12.3. The van der Waals surface area contributed by atoms with Crippen LogP contribution in [0, 0.1) is 6.92 Å². The van der Waals surface area contributed by atoms with E-state index in [2.05, 4.69) is 5.32 Å². The normalized spacial score (nSPS) is 17.1. The largest absolute Gasteiger partial charge is 0.326 e. The Balaban J connectivity index is 1.72. The number of benzene rings is 2. The summed E-state index contributed by atoms with van der Waals surface area (Å²) in [6, 6.07) is 14.4. The number of amides is 1. The monoisotopic (exact) mass is 373 g/mol. The molecule has 0 saturated carbocycles. The van der Waals surface area contributed by atoms with Gasteiger partial charge in [-0.2, -0.15) is 0 Å². The van der Waals surface area contributed by atoms with Gasteiger partial charge in [-0.1, -0.05) is 36.4 Å². The number of hydrogen-bond donors (Lipinski definition) is 2. The Hall–Kier alpha value is -2.38. The number of hydrogen-bond acceptors (Lipinski definition) is 4. The number of sulfonamides is 1. The van der Waals surface area contributed by atoms with Crippen LogP contribution in [-0.4, -0.2) is 26.6 Å². The smallest absolute Gasteiger partial charge is 0.235 e. The Morgan fingerprint density at radius 3 is 2.62 bits per heavy atom. The minimum Gasteiger partial charge on any atom is -0.326 e. The highest BCUT2D eigenvalue weighted by Crippen LogP contribution is 2.30. The average molecular weight is 373 g/mol. The molecule has 7 heteroatoms. The van der Waals surface area contributed by atoms with Gasteiger partial charge in [0.2, 0.25) is 15.9 Å². The SMILES string of the molecule is Cc1ccc(NC(=O)CC(N)c2ccccc2)cc1N1CCCS1(=O)=O. The van der Waals surface area contributed by atoms with Gasteiger partial charge in [-0.15, -0.1) is 0 Å². The third-order valence-corrected chi connectivity index (χ3v) is 6.35. The molecular formula is C19H23N3O3S. The fourth-order valence-corrected chi connectivity index (χ4v) is 4.71. The Bertz CT molecular complexity index is 898. The van der Waals surface area contributed by atoms with E-state index in [4.69, 9.17) is 5.73 Å². The molecular weight excluding hydrogens is 350 g/mol. The number of carbonyl (C=O) groups excluding carboxylic acids is 1. The molecule has 26 heavy (non-hydrogen) atoms. The summed E-state index contributed by atoms with van der Waals surface area (Å²) in [5.41, 5.74) is 9.03. The van der Waals surface area contributed by atoms with Crippen molar-refractivity contribution in [3.63, 3.8) is 0 Å². The first-order valence-corrected chi connectivity index (χ1v) is 10.2. The van der Waals surface area contributed by atoms with Crippen LogP contribution >= 0.6 is 0 Å². The second kappa shape index (κ2) is 7.47. The molecule has 1 aliphatic heterocycles. The van der Waals surface area contributed by atoms with Gasteiger partial charge >= 0.3 is 0 Å². The lowest BCUT2D eigenvalue weighted by Crippen LogP contribution is -2.26. The highest BCUT2D eigenvalue weighted by molar-refractivity contribution is 7.93. The van der Waals surface area contributed by atoms with Crippen LogP contribution in [0.15, 0.2) is 48.5 Å². The molecule has 1 atom stereocenters. The van der Waals surface area contributed by atoms with Gasteiger partial charge < -0.3 is 11.1 Å². The van der Waals surface area contributed by atoms with Gasteiger partial charge in [-0.05, 0) is 36.6 Å². The number of nitrogens with zero attached hydrogens (tertiary/aromatic N) is 1. The van der Waals surface area contributed by atoms with Gasteiger partial charge in [-0.25, -0.2) is 8.42 Å². The third kappa shape index (κ3) is 4.05. The van der Waals surface area contributed by atoms with Crippen LogP contribution in [0.25, 0.3) is 0 Å².